The number of quaternary nitrogens is 1. The van der Waals surface area contributed by atoms with Gasteiger partial charge in [0.25, 0.3) is 0 Å². The van der Waals surface area contributed by atoms with E-state index in [0.717, 1.165) is 25.7 Å². The van der Waals surface area contributed by atoms with Gasteiger partial charge < -0.3 is 10.1 Å². The molecule has 2 nitrogen and oxygen atoms in total. The molecule has 8 heavy (non-hydrogen) atoms. The predicted molar refractivity (Wildman–Crippen MR) is 31.1 cm³/mol. The van der Waals surface area contributed by atoms with Crippen LogP contribution < -0.4 is 5.32 Å². The number of hydrogen-bond acceptors (Lipinski definition) is 1. The van der Waals surface area contributed by atoms with Crippen molar-refractivity contribution in [3.8, 4) is 0 Å². The lowest BCUT2D eigenvalue weighted by Crippen LogP contribution is -2.78. The summed E-state index contributed by atoms with van der Waals surface area (Å²) in [5.74, 6) is 0.771. The molecule has 2 heteroatoms. The molecule has 1 fully saturated rings. The first-order valence-electron chi connectivity index (χ1n) is 3.12. The zero-order chi connectivity index (χ0) is 5.82. The van der Waals surface area contributed by atoms with E-state index in [1.54, 1.807) is 0 Å². The number of ether oxygens (including phenoxy) is 1. The van der Waals surface area contributed by atoms with Gasteiger partial charge in [-0.3, -0.25) is 0 Å². The molecule has 0 aliphatic carbocycles. The lowest BCUT2D eigenvalue weighted by Gasteiger charge is -2.04. The van der Waals surface area contributed by atoms with Gasteiger partial charge in [-0.2, -0.15) is 7.05 Å². The highest BCUT2D eigenvalue weighted by Gasteiger charge is 2.14. The van der Waals surface area contributed by atoms with Crippen LogP contribution in [0.3, 0.4) is 0 Å². The Morgan fingerprint density at radius 3 is 3.12 bits per heavy atom. The van der Waals surface area contributed by atoms with Crippen LogP contribution in [0.15, 0.2) is 0 Å². The minimum atomic E-state index is 0.771. The molecule has 1 aliphatic heterocycles. The molecular weight excluding hydrogens is 102 g/mol. The molecule has 0 amide bonds. The van der Waals surface area contributed by atoms with E-state index in [4.69, 9.17) is 4.74 Å². The van der Waals surface area contributed by atoms with Crippen LogP contribution in [0, 0.1) is 13.0 Å². The Morgan fingerprint density at radius 1 is 1.75 bits per heavy atom. The van der Waals surface area contributed by atoms with Crippen molar-refractivity contribution in [1.82, 2.24) is 0 Å². The molecule has 1 unspecified atom stereocenters. The molecular formula is C6H13NO. The third kappa shape index (κ3) is 1.46. The van der Waals surface area contributed by atoms with Gasteiger partial charge in [-0.05, 0) is 6.42 Å². The number of nitrogens with two attached hydrogens (primary N) is 1. The van der Waals surface area contributed by atoms with E-state index in [0.29, 0.717) is 0 Å². The van der Waals surface area contributed by atoms with Crippen LogP contribution in [0.1, 0.15) is 6.42 Å². The van der Waals surface area contributed by atoms with E-state index < -0.39 is 0 Å². The molecule has 0 saturated carbocycles. The quantitative estimate of drug-likeness (QED) is 0.477. The molecule has 0 radical (unpaired) electrons. The number of rotatable bonds is 2. The van der Waals surface area contributed by atoms with Crippen molar-refractivity contribution in [3.63, 3.8) is 0 Å². The maximum Gasteiger partial charge on any atom is 0.0567 e. The van der Waals surface area contributed by atoms with Gasteiger partial charge in [-0.25, -0.2) is 0 Å². The van der Waals surface area contributed by atoms with Crippen LogP contribution in [-0.4, -0.2) is 19.8 Å². The fourth-order valence-electron chi connectivity index (χ4n) is 1.00. The first kappa shape index (κ1) is 6.05. The Morgan fingerprint density at radius 2 is 2.62 bits per heavy atom. The van der Waals surface area contributed by atoms with Crippen molar-refractivity contribution in [1.29, 1.82) is 0 Å². The first-order valence-corrected chi connectivity index (χ1v) is 3.12. The van der Waals surface area contributed by atoms with E-state index in [2.05, 4.69) is 7.05 Å². The van der Waals surface area contributed by atoms with Crippen LogP contribution in [0.25, 0.3) is 0 Å². The molecule has 0 aromatic rings. The van der Waals surface area contributed by atoms with Gasteiger partial charge >= 0.3 is 0 Å². The minimum absolute atomic E-state index is 0.771. The molecule has 1 heterocycles. The van der Waals surface area contributed by atoms with Crippen molar-refractivity contribution in [2.24, 2.45) is 5.92 Å². The van der Waals surface area contributed by atoms with Crippen LogP contribution in [0.4, 0.5) is 0 Å². The topological polar surface area (TPSA) is 25.8 Å². The summed E-state index contributed by atoms with van der Waals surface area (Å²) in [7, 11) is 3.67. The van der Waals surface area contributed by atoms with Crippen molar-refractivity contribution >= 4 is 0 Å². The minimum Gasteiger partial charge on any atom is -0.479 e. The molecule has 1 saturated heterocycles. The maximum absolute atomic E-state index is 5.16. The third-order valence-electron chi connectivity index (χ3n) is 1.52. The van der Waals surface area contributed by atoms with Crippen molar-refractivity contribution in [2.45, 2.75) is 6.42 Å². The van der Waals surface area contributed by atoms with Gasteiger partial charge in [0, 0.05) is 12.5 Å². The van der Waals surface area contributed by atoms with Crippen LogP contribution in [0.5, 0.6) is 0 Å². The molecule has 0 aromatic carbocycles. The highest BCUT2D eigenvalue weighted by molar-refractivity contribution is 4.60. The molecule has 1 aliphatic rings. The second-order valence-electron chi connectivity index (χ2n) is 2.25. The SMILES string of the molecule is [CH2-][NH2+]CC1CCOC1. The Labute approximate surface area is 50.2 Å². The van der Waals surface area contributed by atoms with Crippen molar-refractivity contribution in [2.75, 3.05) is 19.8 Å². The van der Waals surface area contributed by atoms with E-state index in [9.17, 15) is 0 Å². The van der Waals surface area contributed by atoms with Gasteiger partial charge in [0.1, 0.15) is 0 Å². The molecule has 0 aromatic heterocycles. The summed E-state index contributed by atoms with van der Waals surface area (Å²) in [6.45, 7) is 3.03. The zero-order valence-electron chi connectivity index (χ0n) is 5.10. The summed E-state index contributed by atoms with van der Waals surface area (Å²) in [4.78, 5) is 0. The van der Waals surface area contributed by atoms with Crippen LogP contribution in [-0.2, 0) is 4.74 Å². The van der Waals surface area contributed by atoms with Crippen molar-refractivity contribution < 1.29 is 10.1 Å². The summed E-state index contributed by atoms with van der Waals surface area (Å²) >= 11 is 0. The normalized spacial score (nSPS) is 28.9. The highest BCUT2D eigenvalue weighted by Crippen LogP contribution is 2.08. The molecule has 1 rings (SSSR count). The maximum atomic E-state index is 5.16. The Balaban J connectivity index is 2.06. The summed E-state index contributed by atoms with van der Waals surface area (Å²) in [6, 6.07) is 0. The fourth-order valence-corrected chi connectivity index (χ4v) is 1.00. The van der Waals surface area contributed by atoms with Crippen LogP contribution in [0.2, 0.25) is 0 Å². The van der Waals surface area contributed by atoms with Gasteiger partial charge in [0.2, 0.25) is 0 Å². The Kier molecular flexibility index (Phi) is 2.30. The van der Waals surface area contributed by atoms with E-state index in [-0.39, 0.29) is 0 Å². The van der Waals surface area contributed by atoms with E-state index in [1.165, 1.54) is 6.42 Å². The third-order valence-corrected chi connectivity index (χ3v) is 1.52. The van der Waals surface area contributed by atoms with Crippen LogP contribution >= 0.6 is 0 Å². The average Bonchev–Trinajstić information content (AvgIpc) is 2.19. The Hall–Kier alpha value is -0.0800. The first-order chi connectivity index (χ1) is 3.93. The summed E-state index contributed by atoms with van der Waals surface area (Å²) in [5.41, 5.74) is 0. The Bertz CT molecular complexity index is 59.5. The second-order valence-corrected chi connectivity index (χ2v) is 2.25. The lowest BCUT2D eigenvalue weighted by atomic mass is 10.1. The predicted octanol–water partition coefficient (Wildman–Crippen LogP) is -0.622. The fraction of sp³-hybridized carbons (Fsp3) is 0.833. The summed E-state index contributed by atoms with van der Waals surface area (Å²) < 4.78 is 5.16. The monoisotopic (exact) mass is 115 g/mol. The van der Waals surface area contributed by atoms with Gasteiger partial charge in [-0.15, -0.1) is 0 Å². The lowest BCUT2D eigenvalue weighted by molar-refractivity contribution is -0.601. The number of hydrogen-bond donors (Lipinski definition) is 1. The smallest absolute Gasteiger partial charge is 0.0567 e. The standard InChI is InChI=1S/C6H13NO/c1-7-4-6-2-3-8-5-6/h6H,1-5,7H2. The average molecular weight is 115 g/mol. The molecule has 0 bridgehead atoms. The molecule has 2 N–H and O–H groups in total. The second kappa shape index (κ2) is 3.05. The summed E-state index contributed by atoms with van der Waals surface area (Å²) in [6.07, 6.45) is 1.23. The van der Waals surface area contributed by atoms with Gasteiger partial charge in [0.15, 0.2) is 0 Å². The summed E-state index contributed by atoms with van der Waals surface area (Å²) in [5, 5.41) is 1.97. The zero-order valence-corrected chi connectivity index (χ0v) is 5.10. The highest BCUT2D eigenvalue weighted by atomic mass is 16.5. The van der Waals surface area contributed by atoms with Crippen molar-refractivity contribution in [3.05, 3.63) is 7.05 Å². The van der Waals surface area contributed by atoms with E-state index >= 15 is 0 Å². The largest absolute Gasteiger partial charge is 0.479 e. The van der Waals surface area contributed by atoms with Gasteiger partial charge in [0.05, 0.1) is 13.2 Å². The molecule has 0 spiro atoms. The molecule has 1 atom stereocenters. The molecule has 48 valence electrons. The van der Waals surface area contributed by atoms with Gasteiger partial charge in [-0.1, -0.05) is 0 Å². The van der Waals surface area contributed by atoms with E-state index in [1.807, 2.05) is 5.32 Å².